The number of urea groups is 1. The highest BCUT2D eigenvalue weighted by Gasteiger charge is 2.39. The summed E-state index contributed by atoms with van der Waals surface area (Å²) < 4.78 is 17.7. The Morgan fingerprint density at radius 3 is 2.37 bits per heavy atom. The van der Waals surface area contributed by atoms with E-state index in [4.69, 9.17) is 19.3 Å². The average molecular weight is 521 g/mol. The Bertz CT molecular complexity index is 1290. The van der Waals surface area contributed by atoms with Gasteiger partial charge in [-0.15, -0.1) is 0 Å². The highest BCUT2D eigenvalue weighted by molar-refractivity contribution is 6.00. The predicted molar refractivity (Wildman–Crippen MR) is 142 cm³/mol. The van der Waals surface area contributed by atoms with Gasteiger partial charge >= 0.3 is 6.03 Å². The van der Waals surface area contributed by atoms with Gasteiger partial charge in [-0.25, -0.2) is 9.48 Å². The zero-order valence-corrected chi connectivity index (χ0v) is 21.6. The first-order valence-corrected chi connectivity index (χ1v) is 12.6. The number of nitrogens with zero attached hydrogens (tertiary/aromatic N) is 2. The highest BCUT2D eigenvalue weighted by Crippen LogP contribution is 2.40. The largest absolute Gasteiger partial charge is 0.493 e. The van der Waals surface area contributed by atoms with Crippen molar-refractivity contribution in [3.63, 3.8) is 0 Å². The maximum Gasteiger partial charge on any atom is 0.324 e. The molecule has 2 fully saturated rings. The normalized spacial score (nSPS) is 20.6. The highest BCUT2D eigenvalue weighted by atomic mass is 16.5. The summed E-state index contributed by atoms with van der Waals surface area (Å²) >= 11 is 0. The van der Waals surface area contributed by atoms with Crippen LogP contribution in [-0.2, 0) is 4.79 Å². The van der Waals surface area contributed by atoms with Crippen LogP contribution in [0.25, 0.3) is 11.3 Å². The molecule has 1 aliphatic heterocycles. The fourth-order valence-corrected chi connectivity index (χ4v) is 5.13. The van der Waals surface area contributed by atoms with E-state index in [9.17, 15) is 9.59 Å². The van der Waals surface area contributed by atoms with Crippen molar-refractivity contribution in [3.8, 4) is 28.5 Å². The minimum Gasteiger partial charge on any atom is -0.493 e. The molecule has 11 nitrogen and oxygen atoms in total. The second-order valence-electron chi connectivity index (χ2n) is 9.29. The molecule has 1 saturated heterocycles. The second-order valence-corrected chi connectivity index (χ2v) is 9.29. The molecule has 2 heterocycles. The lowest BCUT2D eigenvalue weighted by Crippen LogP contribution is -2.59. The van der Waals surface area contributed by atoms with Crippen LogP contribution in [0.4, 0.5) is 16.3 Å². The van der Waals surface area contributed by atoms with Crippen LogP contribution in [0.3, 0.4) is 0 Å². The molecule has 3 amide bonds. The van der Waals surface area contributed by atoms with E-state index in [1.165, 1.54) is 21.3 Å². The lowest BCUT2D eigenvalue weighted by Gasteiger charge is -2.40. The average Bonchev–Trinajstić information content (AvgIpc) is 3.36. The molecule has 0 spiro atoms. The van der Waals surface area contributed by atoms with Gasteiger partial charge in [-0.05, 0) is 12.8 Å². The van der Waals surface area contributed by atoms with Crippen molar-refractivity contribution in [2.45, 2.75) is 38.0 Å². The summed E-state index contributed by atoms with van der Waals surface area (Å²) in [6, 6.07) is 14.3. The van der Waals surface area contributed by atoms with E-state index < -0.39 is 12.3 Å². The topological polar surface area (TPSA) is 128 Å². The maximum absolute atomic E-state index is 13.1. The Morgan fingerprint density at radius 1 is 0.974 bits per heavy atom. The van der Waals surface area contributed by atoms with Gasteiger partial charge in [0, 0.05) is 29.8 Å². The molecule has 1 aromatic heterocycles. The van der Waals surface area contributed by atoms with E-state index in [1.54, 1.807) is 22.9 Å². The number of fused-ring (bicyclic) bond motifs is 1. The number of carbonyl (C=O) groups excluding carboxylic acids is 2. The van der Waals surface area contributed by atoms with Gasteiger partial charge < -0.3 is 24.8 Å². The van der Waals surface area contributed by atoms with Gasteiger partial charge in [0.15, 0.2) is 17.8 Å². The third-order valence-electron chi connectivity index (χ3n) is 6.97. The van der Waals surface area contributed by atoms with Crippen molar-refractivity contribution in [1.82, 2.24) is 20.4 Å². The van der Waals surface area contributed by atoms with Crippen molar-refractivity contribution < 1.29 is 23.8 Å². The van der Waals surface area contributed by atoms with Gasteiger partial charge in [0.2, 0.25) is 11.7 Å². The molecule has 1 saturated carbocycles. The molecular weight excluding hydrogens is 488 g/mol. The SMILES string of the molecule is COc1cc(NC(=O)Nc2cc(-c3ccccc3)nn2C2NC(=O)C3CCCCC3N2)cc(OC)c1OC. The number of ether oxygens (including phenoxy) is 3. The molecule has 4 N–H and O–H groups in total. The molecule has 5 rings (SSSR count). The van der Waals surface area contributed by atoms with Gasteiger partial charge in [-0.3, -0.25) is 15.4 Å². The van der Waals surface area contributed by atoms with Gasteiger partial charge in [-0.1, -0.05) is 43.2 Å². The van der Waals surface area contributed by atoms with Crippen LogP contribution in [-0.4, -0.2) is 49.1 Å². The van der Waals surface area contributed by atoms with Crippen molar-refractivity contribution in [3.05, 3.63) is 48.5 Å². The van der Waals surface area contributed by atoms with E-state index in [2.05, 4.69) is 21.3 Å². The number of nitrogens with one attached hydrogen (secondary N) is 4. The van der Waals surface area contributed by atoms with E-state index in [-0.39, 0.29) is 17.9 Å². The zero-order valence-electron chi connectivity index (χ0n) is 21.6. The van der Waals surface area contributed by atoms with Crippen LogP contribution < -0.4 is 35.5 Å². The minimum absolute atomic E-state index is 0.00281. The first-order valence-electron chi connectivity index (χ1n) is 12.6. The Balaban J connectivity index is 1.42. The Kier molecular flexibility index (Phi) is 7.36. The van der Waals surface area contributed by atoms with Crippen molar-refractivity contribution in [1.29, 1.82) is 0 Å². The van der Waals surface area contributed by atoms with Crippen LogP contribution in [0, 0.1) is 5.92 Å². The number of carbonyl (C=O) groups is 2. The quantitative estimate of drug-likeness (QED) is 0.371. The van der Waals surface area contributed by atoms with Crippen LogP contribution >= 0.6 is 0 Å². The van der Waals surface area contributed by atoms with E-state index in [1.807, 2.05) is 30.3 Å². The first kappa shape index (κ1) is 25.4. The molecule has 0 bridgehead atoms. The van der Waals surface area contributed by atoms with Gasteiger partial charge in [0.05, 0.1) is 38.6 Å². The monoisotopic (exact) mass is 520 g/mol. The van der Waals surface area contributed by atoms with Gasteiger partial charge in [-0.2, -0.15) is 5.10 Å². The van der Waals surface area contributed by atoms with E-state index >= 15 is 0 Å². The van der Waals surface area contributed by atoms with Crippen LogP contribution in [0.1, 0.15) is 32.0 Å². The third-order valence-corrected chi connectivity index (χ3v) is 6.97. The molecule has 1 aliphatic carbocycles. The summed E-state index contributed by atoms with van der Waals surface area (Å²) in [6.07, 6.45) is 3.31. The van der Waals surface area contributed by atoms with E-state index in [0.29, 0.717) is 34.4 Å². The van der Waals surface area contributed by atoms with Gasteiger partial charge in [0.1, 0.15) is 5.82 Å². The van der Waals surface area contributed by atoms with Crippen molar-refractivity contribution >= 4 is 23.4 Å². The number of amides is 3. The molecule has 11 heteroatoms. The number of methoxy groups -OCH3 is 3. The molecule has 3 unspecified atom stereocenters. The predicted octanol–water partition coefficient (Wildman–Crippen LogP) is 3.95. The van der Waals surface area contributed by atoms with Gasteiger partial charge in [0.25, 0.3) is 0 Å². The summed E-state index contributed by atoms with van der Waals surface area (Å²) in [5.41, 5.74) is 1.99. The minimum atomic E-state index is -0.601. The molecule has 2 aromatic carbocycles. The molecule has 2 aliphatic rings. The number of benzene rings is 2. The standard InChI is InChI=1S/C27H32N6O5/c1-36-21-13-17(14-22(37-2)24(21)38-3)28-27(35)30-23-15-20(16-9-5-4-6-10-16)32-33(23)26-29-19-12-8-7-11-18(19)25(34)31-26/h4-6,9-10,13-15,18-19,26,29H,7-8,11-12H2,1-3H3,(H,31,34)(H2,28,30,35). The molecule has 3 atom stereocenters. The Morgan fingerprint density at radius 2 is 1.68 bits per heavy atom. The molecule has 38 heavy (non-hydrogen) atoms. The number of hydrogen-bond donors (Lipinski definition) is 4. The smallest absolute Gasteiger partial charge is 0.324 e. The zero-order chi connectivity index (χ0) is 26.6. The third kappa shape index (κ3) is 5.10. The van der Waals surface area contributed by atoms with Crippen LogP contribution in [0.2, 0.25) is 0 Å². The Hall–Kier alpha value is -4.25. The number of aromatic nitrogens is 2. The van der Waals surface area contributed by atoms with Crippen LogP contribution in [0.15, 0.2) is 48.5 Å². The summed E-state index contributed by atoms with van der Waals surface area (Å²) in [7, 11) is 4.53. The van der Waals surface area contributed by atoms with Crippen molar-refractivity contribution in [2.24, 2.45) is 5.92 Å². The summed E-state index contributed by atoms with van der Waals surface area (Å²) in [5.74, 6) is 1.61. The number of anilines is 2. The lowest BCUT2D eigenvalue weighted by molar-refractivity contribution is -0.132. The molecule has 200 valence electrons. The van der Waals surface area contributed by atoms with E-state index in [0.717, 1.165) is 31.2 Å². The Labute approximate surface area is 220 Å². The maximum atomic E-state index is 13.1. The molecule has 0 radical (unpaired) electrons. The number of hydrogen-bond acceptors (Lipinski definition) is 7. The van der Waals surface area contributed by atoms with Crippen molar-refractivity contribution in [2.75, 3.05) is 32.0 Å². The lowest BCUT2D eigenvalue weighted by atomic mass is 9.83. The fraction of sp³-hybridized carbons (Fsp3) is 0.370. The summed E-state index contributed by atoms with van der Waals surface area (Å²) in [6.45, 7) is 0. The first-order chi connectivity index (χ1) is 18.5. The second kappa shape index (κ2) is 11.0. The molecular formula is C27H32N6O5. The fourth-order valence-electron chi connectivity index (χ4n) is 5.13. The summed E-state index contributed by atoms with van der Waals surface area (Å²) in [4.78, 5) is 26.0. The van der Waals surface area contributed by atoms with Crippen LogP contribution in [0.5, 0.6) is 17.2 Å². The summed E-state index contributed by atoms with van der Waals surface area (Å²) in [5, 5.41) is 17.0. The number of rotatable bonds is 7. The molecule has 3 aromatic rings.